The van der Waals surface area contributed by atoms with E-state index in [9.17, 15) is 10.2 Å². The summed E-state index contributed by atoms with van der Waals surface area (Å²) in [6.45, 7) is 6.15. The number of hydrogen-bond donors (Lipinski definition) is 3. The van der Waals surface area contributed by atoms with Gasteiger partial charge in [-0.1, -0.05) is 51.1 Å². The van der Waals surface area contributed by atoms with E-state index < -0.39 is 12.1 Å². The first-order chi connectivity index (χ1) is 10.8. The number of aliphatic hydroxyl groups is 1. The van der Waals surface area contributed by atoms with E-state index in [2.05, 4.69) is 0 Å². The Bertz CT molecular complexity index is 641. The van der Waals surface area contributed by atoms with E-state index in [0.29, 0.717) is 17.9 Å². The minimum absolute atomic E-state index is 0. The summed E-state index contributed by atoms with van der Waals surface area (Å²) < 4.78 is 5.67. The highest BCUT2D eigenvalue weighted by atomic mass is 35.5. The summed E-state index contributed by atoms with van der Waals surface area (Å²) in [7, 11) is 0. The van der Waals surface area contributed by atoms with Crippen LogP contribution in [0.3, 0.4) is 0 Å². The number of rotatable bonds is 5. The number of aliphatic hydroxyl groups excluding tert-OH is 1. The van der Waals surface area contributed by atoms with E-state index in [1.54, 1.807) is 12.1 Å². The molecule has 0 amide bonds. The minimum atomic E-state index is -0.760. The second kappa shape index (κ2) is 8.38. The number of hydrogen-bond acceptors (Lipinski definition) is 4. The largest absolute Gasteiger partial charge is 0.507 e. The molecule has 4 nitrogen and oxygen atoms in total. The number of halogens is 1. The van der Waals surface area contributed by atoms with Crippen LogP contribution >= 0.6 is 12.4 Å². The van der Waals surface area contributed by atoms with Gasteiger partial charge in [-0.05, 0) is 23.1 Å². The SMILES string of the molecule is CC(C)(C)[C@H](O)[C@H](N)c1ccc(OCc2ccccc2)cc1O.Cl. The second-order valence-electron chi connectivity index (χ2n) is 6.83. The molecule has 2 rings (SSSR count). The molecule has 4 N–H and O–H groups in total. The lowest BCUT2D eigenvalue weighted by molar-refractivity contribution is 0.0394. The predicted octanol–water partition coefficient (Wildman–Crippen LogP) is 3.80. The lowest BCUT2D eigenvalue weighted by Crippen LogP contribution is -2.36. The molecule has 0 unspecified atom stereocenters. The van der Waals surface area contributed by atoms with Crippen molar-refractivity contribution in [1.82, 2.24) is 0 Å². The van der Waals surface area contributed by atoms with Crippen molar-refractivity contribution in [2.75, 3.05) is 0 Å². The van der Waals surface area contributed by atoms with Crippen LogP contribution in [0.2, 0.25) is 0 Å². The van der Waals surface area contributed by atoms with Gasteiger partial charge in [-0.3, -0.25) is 0 Å². The Morgan fingerprint density at radius 1 is 1.08 bits per heavy atom. The molecule has 0 aliphatic rings. The quantitative estimate of drug-likeness (QED) is 0.765. The van der Waals surface area contributed by atoms with Crippen LogP contribution in [0.25, 0.3) is 0 Å². The van der Waals surface area contributed by atoms with Gasteiger partial charge in [0.2, 0.25) is 0 Å². The molecular weight excluding hydrogens is 326 g/mol. The number of phenols is 1. The van der Waals surface area contributed by atoms with Crippen LogP contribution in [0.15, 0.2) is 48.5 Å². The van der Waals surface area contributed by atoms with Crippen LogP contribution in [0, 0.1) is 5.41 Å². The van der Waals surface area contributed by atoms with Gasteiger partial charge in [0.15, 0.2) is 0 Å². The lowest BCUT2D eigenvalue weighted by atomic mass is 9.82. The third-order valence-corrected chi connectivity index (χ3v) is 3.84. The fourth-order valence-electron chi connectivity index (χ4n) is 2.34. The Kier molecular flexibility index (Phi) is 7.08. The van der Waals surface area contributed by atoms with Crippen molar-refractivity contribution >= 4 is 12.4 Å². The van der Waals surface area contributed by atoms with Gasteiger partial charge in [0.05, 0.1) is 12.1 Å². The van der Waals surface area contributed by atoms with Crippen LogP contribution in [0.5, 0.6) is 11.5 Å². The molecule has 5 heteroatoms. The molecule has 0 aliphatic carbocycles. The summed E-state index contributed by atoms with van der Waals surface area (Å²) in [4.78, 5) is 0. The molecule has 0 saturated carbocycles. The monoisotopic (exact) mass is 351 g/mol. The number of phenolic OH excluding ortho intramolecular Hbond substituents is 1. The Balaban J connectivity index is 0.00000288. The van der Waals surface area contributed by atoms with E-state index >= 15 is 0 Å². The highest BCUT2D eigenvalue weighted by Crippen LogP contribution is 2.34. The van der Waals surface area contributed by atoms with Gasteiger partial charge >= 0.3 is 0 Å². The highest BCUT2D eigenvalue weighted by Gasteiger charge is 2.30. The zero-order valence-corrected chi connectivity index (χ0v) is 15.1. The third-order valence-electron chi connectivity index (χ3n) is 3.84. The molecule has 2 aromatic rings. The first kappa shape index (κ1) is 20.3. The van der Waals surface area contributed by atoms with Crippen LogP contribution in [-0.4, -0.2) is 16.3 Å². The zero-order valence-electron chi connectivity index (χ0n) is 14.3. The molecule has 0 spiro atoms. The molecule has 0 aromatic heterocycles. The van der Waals surface area contributed by atoms with Crippen LogP contribution in [-0.2, 0) is 6.61 Å². The number of aromatic hydroxyl groups is 1. The van der Waals surface area contributed by atoms with E-state index in [1.807, 2.05) is 51.1 Å². The van der Waals surface area contributed by atoms with E-state index in [0.717, 1.165) is 5.56 Å². The topological polar surface area (TPSA) is 75.7 Å². The summed E-state index contributed by atoms with van der Waals surface area (Å²) in [5.41, 5.74) is 7.29. The van der Waals surface area contributed by atoms with Crippen LogP contribution in [0.4, 0.5) is 0 Å². The zero-order chi connectivity index (χ0) is 17.0. The molecule has 0 heterocycles. The Morgan fingerprint density at radius 2 is 1.71 bits per heavy atom. The van der Waals surface area contributed by atoms with Crippen molar-refractivity contribution in [1.29, 1.82) is 0 Å². The van der Waals surface area contributed by atoms with Gasteiger partial charge in [0, 0.05) is 11.6 Å². The highest BCUT2D eigenvalue weighted by molar-refractivity contribution is 5.85. The predicted molar refractivity (Wildman–Crippen MR) is 98.5 cm³/mol. The minimum Gasteiger partial charge on any atom is -0.507 e. The van der Waals surface area contributed by atoms with Crippen molar-refractivity contribution in [3.63, 3.8) is 0 Å². The maximum absolute atomic E-state index is 10.3. The average molecular weight is 352 g/mol. The molecule has 0 radical (unpaired) electrons. The van der Waals surface area contributed by atoms with E-state index in [1.165, 1.54) is 6.07 Å². The van der Waals surface area contributed by atoms with Gasteiger partial charge in [-0.25, -0.2) is 0 Å². The summed E-state index contributed by atoms with van der Waals surface area (Å²) >= 11 is 0. The van der Waals surface area contributed by atoms with Gasteiger partial charge in [0.1, 0.15) is 18.1 Å². The Hall–Kier alpha value is -1.75. The molecule has 24 heavy (non-hydrogen) atoms. The normalized spacial score (nSPS) is 13.7. The van der Waals surface area contributed by atoms with Crippen molar-refractivity contribution in [2.45, 2.75) is 39.5 Å². The summed E-state index contributed by atoms with van der Waals surface area (Å²) in [6.07, 6.45) is -0.760. The second-order valence-corrected chi connectivity index (χ2v) is 6.83. The average Bonchev–Trinajstić information content (AvgIpc) is 2.52. The number of ether oxygens (including phenoxy) is 1. The fourth-order valence-corrected chi connectivity index (χ4v) is 2.34. The maximum atomic E-state index is 10.3. The summed E-state index contributed by atoms with van der Waals surface area (Å²) in [5, 5.41) is 20.5. The first-order valence-electron chi connectivity index (χ1n) is 7.72. The van der Waals surface area contributed by atoms with E-state index in [-0.39, 0.29) is 23.6 Å². The molecule has 0 fully saturated rings. The standard InChI is InChI=1S/C19H25NO3.ClH/c1-19(2,3)18(22)17(20)15-10-9-14(11-16(15)21)23-12-13-7-5-4-6-8-13;/h4-11,17-18,21-22H,12,20H2,1-3H3;1H/t17-,18-;/m1./s1. The lowest BCUT2D eigenvalue weighted by Gasteiger charge is -2.31. The number of benzene rings is 2. The van der Waals surface area contributed by atoms with Gasteiger partial charge in [-0.2, -0.15) is 0 Å². The number of nitrogens with two attached hydrogens (primary N) is 1. The fraction of sp³-hybridized carbons (Fsp3) is 0.368. The maximum Gasteiger partial charge on any atom is 0.124 e. The molecule has 0 bridgehead atoms. The molecule has 0 aliphatic heterocycles. The smallest absolute Gasteiger partial charge is 0.124 e. The summed E-state index contributed by atoms with van der Waals surface area (Å²) in [5.74, 6) is 0.596. The third kappa shape index (κ3) is 5.13. The molecule has 0 saturated heterocycles. The van der Waals surface area contributed by atoms with Crippen molar-refractivity contribution in [3.05, 3.63) is 59.7 Å². The van der Waals surface area contributed by atoms with Crippen molar-refractivity contribution in [3.8, 4) is 11.5 Å². The Morgan fingerprint density at radius 3 is 2.25 bits per heavy atom. The van der Waals surface area contributed by atoms with Crippen LogP contribution in [0.1, 0.15) is 37.9 Å². The molecule has 132 valence electrons. The molecular formula is C19H26ClNO3. The first-order valence-corrected chi connectivity index (χ1v) is 7.72. The van der Waals surface area contributed by atoms with Crippen molar-refractivity contribution in [2.24, 2.45) is 11.1 Å². The van der Waals surface area contributed by atoms with Crippen molar-refractivity contribution < 1.29 is 14.9 Å². The molecule has 2 aromatic carbocycles. The van der Waals surface area contributed by atoms with Gasteiger partial charge in [-0.15, -0.1) is 12.4 Å². The molecule has 2 atom stereocenters. The van der Waals surface area contributed by atoms with Gasteiger partial charge in [0.25, 0.3) is 0 Å². The van der Waals surface area contributed by atoms with Gasteiger partial charge < -0.3 is 20.7 Å². The Labute approximate surface area is 149 Å². The summed E-state index contributed by atoms with van der Waals surface area (Å²) in [6, 6.07) is 14.1. The van der Waals surface area contributed by atoms with E-state index in [4.69, 9.17) is 10.5 Å². The van der Waals surface area contributed by atoms with Crippen LogP contribution < -0.4 is 10.5 Å².